The first-order valence-electron chi connectivity index (χ1n) is 9.05. The number of nitrogens with one attached hydrogen (secondary N) is 1. The van der Waals surface area contributed by atoms with E-state index in [1.165, 1.54) is 23.5 Å². The molecule has 7 nitrogen and oxygen atoms in total. The zero-order valence-corrected chi connectivity index (χ0v) is 16.6. The van der Waals surface area contributed by atoms with Gasteiger partial charge in [0.25, 0.3) is 0 Å². The molecule has 148 valence electrons. The molecule has 5 aromatic rings. The van der Waals surface area contributed by atoms with Crippen LogP contribution in [0.3, 0.4) is 0 Å². The maximum Gasteiger partial charge on any atom is 0.249 e. The lowest BCUT2D eigenvalue weighted by molar-refractivity contribution is 0.416. The molecule has 0 amide bonds. The van der Waals surface area contributed by atoms with Crippen molar-refractivity contribution in [1.29, 1.82) is 0 Å². The van der Waals surface area contributed by atoms with E-state index in [4.69, 9.17) is 4.74 Å². The number of halogens is 1. The summed E-state index contributed by atoms with van der Waals surface area (Å²) in [5.41, 5.74) is 3.27. The highest BCUT2D eigenvalue weighted by molar-refractivity contribution is 7.15. The van der Waals surface area contributed by atoms with Crippen LogP contribution in [0.2, 0.25) is 0 Å². The average Bonchev–Trinajstić information content (AvgIpc) is 3.35. The van der Waals surface area contributed by atoms with Gasteiger partial charge in [0, 0.05) is 16.5 Å². The van der Waals surface area contributed by atoms with E-state index in [9.17, 15) is 4.39 Å². The topological polar surface area (TPSA) is 77.2 Å². The number of thiazole rings is 1. The molecule has 3 aromatic heterocycles. The van der Waals surface area contributed by atoms with Gasteiger partial charge >= 0.3 is 0 Å². The average molecular weight is 418 g/mol. The summed E-state index contributed by atoms with van der Waals surface area (Å²) in [5.74, 6) is 1.41. The van der Waals surface area contributed by atoms with Crippen molar-refractivity contribution >= 4 is 28.1 Å². The molecule has 0 unspecified atom stereocenters. The predicted octanol–water partition coefficient (Wildman–Crippen LogP) is 4.81. The number of fused-ring (bicyclic) bond motifs is 1. The first-order chi connectivity index (χ1) is 14.7. The SMILES string of the molecule is COc1ccccc1-c1csc2nc(Nc3ccc(-c4ccc(F)cc4)nn3)nn12. The molecule has 0 atom stereocenters. The molecule has 3 heterocycles. The molecule has 0 saturated heterocycles. The molecule has 9 heteroatoms. The Bertz CT molecular complexity index is 1310. The highest BCUT2D eigenvalue weighted by Crippen LogP contribution is 2.32. The highest BCUT2D eigenvalue weighted by Gasteiger charge is 2.15. The lowest BCUT2D eigenvalue weighted by Crippen LogP contribution is -1.99. The molecule has 0 aliphatic heterocycles. The highest BCUT2D eigenvalue weighted by atomic mass is 32.1. The quantitative estimate of drug-likeness (QED) is 0.442. The Balaban J connectivity index is 1.41. The van der Waals surface area contributed by atoms with Crippen LogP contribution in [0.4, 0.5) is 16.2 Å². The van der Waals surface area contributed by atoms with Gasteiger partial charge < -0.3 is 10.1 Å². The van der Waals surface area contributed by atoms with Gasteiger partial charge in [-0.1, -0.05) is 12.1 Å². The standard InChI is InChI=1S/C21H15FN6OS/c1-29-18-5-3-2-4-15(18)17-12-30-21-24-20(27-28(17)21)23-19-11-10-16(25-26-19)13-6-8-14(22)9-7-13/h2-12H,1H3,(H,23,26,27). The monoisotopic (exact) mass is 418 g/mol. The van der Waals surface area contributed by atoms with Crippen molar-refractivity contribution in [1.82, 2.24) is 24.8 Å². The molecular weight excluding hydrogens is 403 g/mol. The van der Waals surface area contributed by atoms with E-state index in [0.29, 0.717) is 17.5 Å². The largest absolute Gasteiger partial charge is 0.496 e. The molecule has 0 aliphatic rings. The molecule has 0 saturated carbocycles. The molecular formula is C21H15FN6OS. The first kappa shape index (κ1) is 18.2. The van der Waals surface area contributed by atoms with Gasteiger partial charge in [-0.15, -0.1) is 26.6 Å². The molecule has 0 bridgehead atoms. The summed E-state index contributed by atoms with van der Waals surface area (Å²) < 4.78 is 20.3. The number of hydrogen-bond donors (Lipinski definition) is 1. The Morgan fingerprint density at radius 3 is 2.60 bits per heavy atom. The number of para-hydroxylation sites is 1. The summed E-state index contributed by atoms with van der Waals surface area (Å²) in [6.07, 6.45) is 0. The van der Waals surface area contributed by atoms with Crippen molar-refractivity contribution in [3.05, 3.63) is 71.9 Å². The summed E-state index contributed by atoms with van der Waals surface area (Å²) in [6, 6.07) is 17.5. The number of hydrogen-bond acceptors (Lipinski definition) is 7. The number of nitrogens with zero attached hydrogens (tertiary/aromatic N) is 5. The second-order valence-electron chi connectivity index (χ2n) is 6.39. The summed E-state index contributed by atoms with van der Waals surface area (Å²) in [6.45, 7) is 0. The molecule has 2 aromatic carbocycles. The Morgan fingerprint density at radius 2 is 1.83 bits per heavy atom. The fourth-order valence-electron chi connectivity index (χ4n) is 3.06. The van der Waals surface area contributed by atoms with Crippen molar-refractivity contribution in [3.63, 3.8) is 0 Å². The van der Waals surface area contributed by atoms with Crippen molar-refractivity contribution in [2.75, 3.05) is 12.4 Å². The van der Waals surface area contributed by atoms with Crippen molar-refractivity contribution in [2.24, 2.45) is 0 Å². The van der Waals surface area contributed by atoms with Gasteiger partial charge in [-0.05, 0) is 48.5 Å². The Hall–Kier alpha value is -3.85. The molecule has 30 heavy (non-hydrogen) atoms. The van der Waals surface area contributed by atoms with Gasteiger partial charge in [0.2, 0.25) is 10.9 Å². The predicted molar refractivity (Wildman–Crippen MR) is 114 cm³/mol. The van der Waals surface area contributed by atoms with Crippen LogP contribution < -0.4 is 10.1 Å². The number of anilines is 2. The van der Waals surface area contributed by atoms with Crippen LogP contribution in [0.15, 0.2) is 66.0 Å². The number of benzene rings is 2. The van der Waals surface area contributed by atoms with Crippen LogP contribution in [0.25, 0.3) is 27.5 Å². The molecule has 0 fully saturated rings. The second kappa shape index (κ2) is 7.53. The van der Waals surface area contributed by atoms with E-state index in [0.717, 1.165) is 27.5 Å². The zero-order chi connectivity index (χ0) is 20.5. The number of methoxy groups -OCH3 is 1. The fourth-order valence-corrected chi connectivity index (χ4v) is 3.89. The summed E-state index contributed by atoms with van der Waals surface area (Å²) in [5, 5.41) is 18.0. The number of ether oxygens (including phenoxy) is 1. The van der Waals surface area contributed by atoms with Gasteiger partial charge in [-0.25, -0.2) is 8.91 Å². The third-order valence-corrected chi connectivity index (χ3v) is 5.33. The summed E-state index contributed by atoms with van der Waals surface area (Å²) >= 11 is 1.49. The van der Waals surface area contributed by atoms with Gasteiger partial charge in [-0.3, -0.25) is 0 Å². The van der Waals surface area contributed by atoms with E-state index in [-0.39, 0.29) is 5.82 Å². The van der Waals surface area contributed by atoms with Crippen molar-refractivity contribution in [2.45, 2.75) is 0 Å². The maximum atomic E-state index is 13.1. The van der Waals surface area contributed by atoms with Crippen molar-refractivity contribution in [3.8, 4) is 28.3 Å². The van der Waals surface area contributed by atoms with Crippen molar-refractivity contribution < 1.29 is 9.13 Å². The zero-order valence-electron chi connectivity index (χ0n) is 15.8. The molecule has 1 N–H and O–H groups in total. The van der Waals surface area contributed by atoms with Crippen LogP contribution in [0.1, 0.15) is 0 Å². The normalized spacial score (nSPS) is 11.0. The molecule has 0 spiro atoms. The van der Waals surface area contributed by atoms with Crippen LogP contribution in [0, 0.1) is 5.82 Å². The van der Waals surface area contributed by atoms with Gasteiger partial charge in [0.15, 0.2) is 5.82 Å². The third-order valence-electron chi connectivity index (χ3n) is 4.51. The lowest BCUT2D eigenvalue weighted by Gasteiger charge is -2.06. The second-order valence-corrected chi connectivity index (χ2v) is 7.22. The van der Waals surface area contributed by atoms with E-state index in [2.05, 4.69) is 25.6 Å². The molecule has 0 aliphatic carbocycles. The fraction of sp³-hybridized carbons (Fsp3) is 0.0476. The smallest absolute Gasteiger partial charge is 0.249 e. The maximum absolute atomic E-state index is 13.1. The van der Waals surface area contributed by atoms with Crippen LogP contribution in [0.5, 0.6) is 5.75 Å². The Morgan fingerprint density at radius 1 is 1.00 bits per heavy atom. The number of aromatic nitrogens is 5. The van der Waals surface area contributed by atoms with E-state index < -0.39 is 0 Å². The van der Waals surface area contributed by atoms with E-state index >= 15 is 0 Å². The molecule has 0 radical (unpaired) electrons. The minimum Gasteiger partial charge on any atom is -0.496 e. The minimum absolute atomic E-state index is 0.289. The lowest BCUT2D eigenvalue weighted by atomic mass is 10.1. The first-order valence-corrected chi connectivity index (χ1v) is 9.93. The van der Waals surface area contributed by atoms with Gasteiger partial charge in [-0.2, -0.15) is 4.98 Å². The van der Waals surface area contributed by atoms with E-state index in [1.54, 1.807) is 35.9 Å². The van der Waals surface area contributed by atoms with Crippen LogP contribution in [-0.2, 0) is 0 Å². The Labute approximate surface area is 174 Å². The van der Waals surface area contributed by atoms with E-state index in [1.807, 2.05) is 29.6 Å². The van der Waals surface area contributed by atoms with Gasteiger partial charge in [0.1, 0.15) is 11.6 Å². The minimum atomic E-state index is -0.289. The van der Waals surface area contributed by atoms with Crippen LogP contribution >= 0.6 is 11.3 Å². The number of rotatable bonds is 5. The molecule has 5 rings (SSSR count). The summed E-state index contributed by atoms with van der Waals surface area (Å²) in [7, 11) is 1.64. The Kier molecular flexibility index (Phi) is 4.56. The van der Waals surface area contributed by atoms with Crippen LogP contribution in [-0.4, -0.2) is 31.9 Å². The third kappa shape index (κ3) is 3.35. The summed E-state index contributed by atoms with van der Waals surface area (Å²) in [4.78, 5) is 5.25. The van der Waals surface area contributed by atoms with Gasteiger partial charge in [0.05, 0.1) is 18.5 Å².